The van der Waals surface area contributed by atoms with Gasteiger partial charge in [-0.15, -0.1) is 0 Å². The number of carbonyl (C=O) groups excluding carboxylic acids is 1. The van der Waals surface area contributed by atoms with E-state index in [1.165, 1.54) is 0 Å². The minimum absolute atomic E-state index is 0.198. The first kappa shape index (κ1) is 23.1. The van der Waals surface area contributed by atoms with Crippen LogP contribution in [-0.2, 0) is 11.2 Å². The van der Waals surface area contributed by atoms with Crippen molar-refractivity contribution in [2.45, 2.75) is 25.7 Å². The first-order chi connectivity index (χ1) is 16.6. The van der Waals surface area contributed by atoms with Gasteiger partial charge in [-0.2, -0.15) is 5.10 Å². The lowest BCUT2D eigenvalue weighted by Gasteiger charge is -2.26. The highest BCUT2D eigenvalue weighted by atomic mass is 35.5. The van der Waals surface area contributed by atoms with Crippen LogP contribution in [0.15, 0.2) is 48.5 Å². The molecule has 176 valence electrons. The topological polar surface area (TPSA) is 59.4 Å². The Kier molecular flexibility index (Phi) is 7.02. The number of nitrogens with one attached hydrogen (secondary N) is 1. The summed E-state index contributed by atoms with van der Waals surface area (Å²) in [5, 5.41) is 8.02. The Morgan fingerprint density at radius 1 is 1.00 bits per heavy atom. The van der Waals surface area contributed by atoms with E-state index in [1.54, 1.807) is 0 Å². The lowest BCUT2D eigenvalue weighted by atomic mass is 10.0. The van der Waals surface area contributed by atoms with E-state index in [4.69, 9.17) is 33.0 Å². The van der Waals surface area contributed by atoms with Crippen LogP contribution in [0.1, 0.15) is 46.6 Å². The van der Waals surface area contributed by atoms with Crippen LogP contribution in [0.4, 0.5) is 0 Å². The smallest absolute Gasteiger partial charge is 0.286 e. The molecule has 1 aliphatic heterocycles. The third-order valence-corrected chi connectivity index (χ3v) is 6.76. The van der Waals surface area contributed by atoms with Crippen molar-refractivity contribution in [3.05, 3.63) is 81.1 Å². The number of halogens is 2. The summed E-state index contributed by atoms with van der Waals surface area (Å²) in [5.74, 6) is -0.198. The van der Waals surface area contributed by atoms with E-state index in [-0.39, 0.29) is 5.91 Å². The number of benzene rings is 2. The molecule has 0 atom stereocenters. The Morgan fingerprint density at radius 3 is 2.50 bits per heavy atom. The predicted octanol–water partition coefficient (Wildman–Crippen LogP) is 5.42. The maximum atomic E-state index is 13.4. The number of aromatic nitrogens is 2. The zero-order valence-electron chi connectivity index (χ0n) is 18.8. The molecular weight excluding hydrogens is 471 g/mol. The van der Waals surface area contributed by atoms with Crippen molar-refractivity contribution in [3.8, 4) is 5.69 Å². The van der Waals surface area contributed by atoms with Gasteiger partial charge >= 0.3 is 0 Å². The molecule has 2 heterocycles. The first-order valence-electron chi connectivity index (χ1n) is 11.6. The van der Waals surface area contributed by atoms with E-state index >= 15 is 0 Å². The van der Waals surface area contributed by atoms with Crippen molar-refractivity contribution in [3.63, 3.8) is 0 Å². The van der Waals surface area contributed by atoms with Gasteiger partial charge in [-0.1, -0.05) is 47.5 Å². The van der Waals surface area contributed by atoms with E-state index in [9.17, 15) is 4.79 Å². The van der Waals surface area contributed by atoms with Crippen LogP contribution in [0.3, 0.4) is 0 Å². The summed E-state index contributed by atoms with van der Waals surface area (Å²) < 4.78 is 7.25. The lowest BCUT2D eigenvalue weighted by Crippen LogP contribution is -2.48. The molecule has 0 spiro atoms. The summed E-state index contributed by atoms with van der Waals surface area (Å²) in [6, 6.07) is 15.4. The van der Waals surface area contributed by atoms with Gasteiger partial charge < -0.3 is 4.74 Å². The monoisotopic (exact) mass is 496 g/mol. The van der Waals surface area contributed by atoms with E-state index in [0.29, 0.717) is 42.0 Å². The van der Waals surface area contributed by atoms with Gasteiger partial charge in [-0.3, -0.25) is 10.2 Å². The Labute approximate surface area is 209 Å². The fourth-order valence-corrected chi connectivity index (χ4v) is 4.85. The molecule has 1 saturated heterocycles. The highest BCUT2D eigenvalue weighted by Crippen LogP contribution is 2.36. The zero-order valence-corrected chi connectivity index (χ0v) is 20.3. The van der Waals surface area contributed by atoms with Crippen molar-refractivity contribution in [2.75, 3.05) is 26.3 Å². The number of hydrogen-bond donors (Lipinski definition) is 1. The molecule has 34 heavy (non-hydrogen) atoms. The number of para-hydroxylation sites is 1. The van der Waals surface area contributed by atoms with Crippen LogP contribution in [0, 0.1) is 0 Å². The van der Waals surface area contributed by atoms with Gasteiger partial charge in [0.05, 0.1) is 29.6 Å². The third-order valence-electron chi connectivity index (χ3n) is 6.19. The lowest BCUT2D eigenvalue weighted by molar-refractivity contribution is 0.0124. The maximum Gasteiger partial charge on any atom is 0.286 e. The summed E-state index contributed by atoms with van der Waals surface area (Å²) in [6.45, 7) is 2.50. The average molecular weight is 497 g/mol. The second kappa shape index (κ2) is 10.3. The first-order valence-corrected chi connectivity index (χ1v) is 12.3. The molecule has 0 bridgehead atoms. The third kappa shape index (κ3) is 4.91. The number of fused-ring (bicyclic) bond motifs is 1. The van der Waals surface area contributed by atoms with Crippen LogP contribution in [-0.4, -0.2) is 47.0 Å². The largest absolute Gasteiger partial charge is 0.379 e. The fraction of sp³-hybridized carbons (Fsp3) is 0.308. The number of carbonyl (C=O) groups is 1. The molecular formula is C26H26Cl2N4O2. The Bertz CT molecular complexity index is 1210. The van der Waals surface area contributed by atoms with Crippen LogP contribution in [0.5, 0.6) is 0 Å². The van der Waals surface area contributed by atoms with Crippen molar-refractivity contribution in [1.82, 2.24) is 20.2 Å². The molecule has 0 unspecified atom stereocenters. The standard InChI is InChI=1S/C26H26Cl2N4O2/c27-20-11-9-18(10-12-20)17-19-5-1-2-6-21-24(26(33)30-31-13-15-34-16-14-31)29-32(25(19)21)23-8-4-3-7-22(23)28/h3-4,7-12,17H,1-2,5-6,13-16H2,(H,30,33). The Morgan fingerprint density at radius 2 is 1.74 bits per heavy atom. The minimum atomic E-state index is -0.198. The number of nitrogens with zero attached hydrogens (tertiary/aromatic N) is 3. The zero-order chi connectivity index (χ0) is 23.5. The second-order valence-electron chi connectivity index (χ2n) is 8.51. The maximum absolute atomic E-state index is 13.4. The number of rotatable bonds is 4. The molecule has 8 heteroatoms. The number of hydrazine groups is 1. The van der Waals surface area contributed by atoms with Gasteiger partial charge in [-0.05, 0) is 67.2 Å². The molecule has 1 N–H and O–H groups in total. The number of ether oxygens (including phenoxy) is 1. The summed E-state index contributed by atoms with van der Waals surface area (Å²) >= 11 is 12.7. The minimum Gasteiger partial charge on any atom is -0.379 e. The average Bonchev–Trinajstić information content (AvgIpc) is 3.10. The highest BCUT2D eigenvalue weighted by molar-refractivity contribution is 6.32. The quantitative estimate of drug-likeness (QED) is 0.489. The molecule has 1 aromatic heterocycles. The molecule has 3 aromatic rings. The van der Waals surface area contributed by atoms with Crippen LogP contribution >= 0.6 is 23.2 Å². The van der Waals surface area contributed by atoms with Crippen molar-refractivity contribution in [2.24, 2.45) is 0 Å². The van der Waals surface area contributed by atoms with Crippen molar-refractivity contribution >= 4 is 40.8 Å². The Hall–Kier alpha value is -2.64. The highest BCUT2D eigenvalue weighted by Gasteiger charge is 2.29. The molecule has 6 nitrogen and oxygen atoms in total. The van der Waals surface area contributed by atoms with Gasteiger partial charge in [0, 0.05) is 23.7 Å². The van der Waals surface area contributed by atoms with Crippen LogP contribution < -0.4 is 5.43 Å². The summed E-state index contributed by atoms with van der Waals surface area (Å²) in [6.07, 6.45) is 5.84. The summed E-state index contributed by atoms with van der Waals surface area (Å²) in [7, 11) is 0. The van der Waals surface area contributed by atoms with Gasteiger partial charge in [-0.25, -0.2) is 9.69 Å². The van der Waals surface area contributed by atoms with E-state index < -0.39 is 0 Å². The fourth-order valence-electron chi connectivity index (χ4n) is 4.51. The normalized spacial score (nSPS) is 17.9. The molecule has 1 fully saturated rings. The molecule has 2 aromatic carbocycles. The number of allylic oxidation sites excluding steroid dienone is 1. The summed E-state index contributed by atoms with van der Waals surface area (Å²) in [5.41, 5.74) is 8.33. The SMILES string of the molecule is O=C(NN1CCOCC1)c1nn(-c2ccccc2Cl)c2c1CCCCC2=Cc1ccc(Cl)cc1. The number of amides is 1. The van der Waals surface area contributed by atoms with Crippen molar-refractivity contribution < 1.29 is 9.53 Å². The molecule has 5 rings (SSSR count). The van der Waals surface area contributed by atoms with Gasteiger partial charge in [0.2, 0.25) is 0 Å². The number of morpholine rings is 1. The van der Waals surface area contributed by atoms with Gasteiger partial charge in [0.1, 0.15) is 0 Å². The molecule has 2 aliphatic rings. The number of hydrogen-bond acceptors (Lipinski definition) is 4. The van der Waals surface area contributed by atoms with E-state index in [1.807, 2.05) is 58.2 Å². The molecule has 1 aliphatic carbocycles. The molecule has 1 amide bonds. The molecule has 0 saturated carbocycles. The van der Waals surface area contributed by atoms with Gasteiger partial charge in [0.25, 0.3) is 5.91 Å². The van der Waals surface area contributed by atoms with E-state index in [0.717, 1.165) is 53.8 Å². The van der Waals surface area contributed by atoms with Crippen molar-refractivity contribution in [1.29, 1.82) is 0 Å². The molecule has 0 radical (unpaired) electrons. The second-order valence-corrected chi connectivity index (χ2v) is 9.35. The predicted molar refractivity (Wildman–Crippen MR) is 135 cm³/mol. The Balaban J connectivity index is 1.63. The van der Waals surface area contributed by atoms with E-state index in [2.05, 4.69) is 11.5 Å². The van der Waals surface area contributed by atoms with Crippen LogP contribution in [0.25, 0.3) is 17.3 Å². The van der Waals surface area contributed by atoms with Gasteiger partial charge in [0.15, 0.2) is 5.69 Å². The summed E-state index contributed by atoms with van der Waals surface area (Å²) in [4.78, 5) is 13.4. The van der Waals surface area contributed by atoms with Crippen LogP contribution in [0.2, 0.25) is 10.0 Å².